The van der Waals surface area contributed by atoms with Gasteiger partial charge in [0.25, 0.3) is 5.91 Å². The van der Waals surface area contributed by atoms with Crippen molar-refractivity contribution in [2.75, 3.05) is 0 Å². The van der Waals surface area contributed by atoms with Crippen molar-refractivity contribution in [2.24, 2.45) is 0 Å². The van der Waals surface area contributed by atoms with E-state index >= 15 is 0 Å². The van der Waals surface area contributed by atoms with E-state index < -0.39 is 0 Å². The minimum atomic E-state index is -0.211. The average Bonchev–Trinajstić information content (AvgIpc) is 3.26. The molecule has 2 aromatic heterocycles. The predicted molar refractivity (Wildman–Crippen MR) is 86.0 cm³/mol. The molecule has 23 heavy (non-hydrogen) atoms. The molecule has 0 fully saturated rings. The Hall–Kier alpha value is -2.61. The molecule has 0 aliphatic rings. The summed E-state index contributed by atoms with van der Waals surface area (Å²) in [6, 6.07) is 9.59. The number of hydrogen-bond donors (Lipinski definition) is 1. The second kappa shape index (κ2) is 7.10. The SMILES string of the molecule is CCc1nnsc1C(=O)NC(Cn1cncn1)c1ccccc1. The zero-order valence-corrected chi connectivity index (χ0v) is 13.4. The molecular formula is C15H16N6OS. The lowest BCUT2D eigenvalue weighted by molar-refractivity contribution is 0.0935. The van der Waals surface area contributed by atoms with Gasteiger partial charge in [-0.3, -0.25) is 9.48 Å². The molecule has 1 aromatic carbocycles. The highest BCUT2D eigenvalue weighted by Crippen LogP contribution is 2.17. The number of hydrogen-bond acceptors (Lipinski definition) is 6. The number of rotatable bonds is 6. The van der Waals surface area contributed by atoms with Crippen LogP contribution >= 0.6 is 11.5 Å². The summed E-state index contributed by atoms with van der Waals surface area (Å²) in [5, 5.41) is 11.2. The van der Waals surface area contributed by atoms with Crippen LogP contribution in [0.1, 0.15) is 33.9 Å². The maximum atomic E-state index is 12.6. The summed E-state index contributed by atoms with van der Waals surface area (Å²) >= 11 is 1.12. The number of carbonyl (C=O) groups is 1. The van der Waals surface area contributed by atoms with Crippen LogP contribution in [0.2, 0.25) is 0 Å². The fraction of sp³-hybridized carbons (Fsp3) is 0.267. The van der Waals surface area contributed by atoms with Gasteiger partial charge < -0.3 is 5.32 Å². The summed E-state index contributed by atoms with van der Waals surface area (Å²) < 4.78 is 5.57. The van der Waals surface area contributed by atoms with Gasteiger partial charge in [-0.05, 0) is 23.5 Å². The van der Waals surface area contributed by atoms with E-state index in [2.05, 4.69) is 25.0 Å². The number of nitrogens with zero attached hydrogens (tertiary/aromatic N) is 5. The molecular weight excluding hydrogens is 312 g/mol. The van der Waals surface area contributed by atoms with Gasteiger partial charge in [0.2, 0.25) is 0 Å². The summed E-state index contributed by atoms with van der Waals surface area (Å²) in [6.07, 6.45) is 3.79. The first-order valence-electron chi connectivity index (χ1n) is 7.27. The number of amides is 1. The Bertz CT molecular complexity index is 755. The molecule has 0 aliphatic carbocycles. The third-order valence-electron chi connectivity index (χ3n) is 3.44. The molecule has 0 saturated heterocycles. The van der Waals surface area contributed by atoms with E-state index in [1.807, 2.05) is 37.3 Å². The Morgan fingerprint density at radius 1 is 1.35 bits per heavy atom. The van der Waals surface area contributed by atoms with E-state index in [4.69, 9.17) is 0 Å². The summed E-state index contributed by atoms with van der Waals surface area (Å²) in [4.78, 5) is 17.1. The average molecular weight is 328 g/mol. The van der Waals surface area contributed by atoms with Gasteiger partial charge in [0.1, 0.15) is 17.5 Å². The molecule has 0 saturated carbocycles. The van der Waals surface area contributed by atoms with Crippen molar-refractivity contribution in [3.05, 3.63) is 59.1 Å². The van der Waals surface area contributed by atoms with Gasteiger partial charge in [0.15, 0.2) is 0 Å². The molecule has 3 aromatic rings. The monoisotopic (exact) mass is 328 g/mol. The van der Waals surface area contributed by atoms with Gasteiger partial charge in [0.05, 0.1) is 18.3 Å². The van der Waals surface area contributed by atoms with Crippen molar-refractivity contribution < 1.29 is 4.79 Å². The molecule has 0 aliphatic heterocycles. The standard InChI is InChI=1S/C15H16N6OS/c1-2-12-14(23-20-19-12)15(22)18-13(8-21-10-16-9-17-21)11-6-4-3-5-7-11/h3-7,9-10,13H,2,8H2,1H3,(H,18,22). The highest BCUT2D eigenvalue weighted by molar-refractivity contribution is 7.08. The minimum absolute atomic E-state index is 0.161. The molecule has 2 heterocycles. The molecule has 0 spiro atoms. The summed E-state index contributed by atoms with van der Waals surface area (Å²) in [5.41, 5.74) is 1.73. The Morgan fingerprint density at radius 2 is 2.17 bits per heavy atom. The Labute approximate surface area is 137 Å². The lowest BCUT2D eigenvalue weighted by Crippen LogP contribution is -2.31. The number of nitrogens with one attached hydrogen (secondary N) is 1. The van der Waals surface area contributed by atoms with E-state index in [-0.39, 0.29) is 11.9 Å². The smallest absolute Gasteiger partial charge is 0.265 e. The van der Waals surface area contributed by atoms with E-state index in [1.165, 1.54) is 6.33 Å². The molecule has 3 rings (SSSR count). The lowest BCUT2D eigenvalue weighted by Gasteiger charge is -2.18. The van der Waals surface area contributed by atoms with Crippen LogP contribution in [0.4, 0.5) is 0 Å². The van der Waals surface area contributed by atoms with Crippen molar-refractivity contribution in [1.82, 2.24) is 29.7 Å². The first-order valence-corrected chi connectivity index (χ1v) is 8.04. The van der Waals surface area contributed by atoms with Crippen LogP contribution in [-0.2, 0) is 13.0 Å². The molecule has 118 valence electrons. The van der Waals surface area contributed by atoms with Gasteiger partial charge in [-0.2, -0.15) is 5.10 Å². The predicted octanol–water partition coefficient (Wildman–Crippen LogP) is 1.86. The van der Waals surface area contributed by atoms with Gasteiger partial charge in [-0.1, -0.05) is 41.7 Å². The quantitative estimate of drug-likeness (QED) is 0.746. The Morgan fingerprint density at radius 3 is 2.87 bits per heavy atom. The van der Waals surface area contributed by atoms with E-state index in [9.17, 15) is 4.79 Å². The maximum absolute atomic E-state index is 12.6. The highest BCUT2D eigenvalue weighted by Gasteiger charge is 2.20. The second-order valence-electron chi connectivity index (χ2n) is 4.96. The fourth-order valence-corrected chi connectivity index (χ4v) is 2.92. The van der Waals surface area contributed by atoms with Crippen molar-refractivity contribution in [1.29, 1.82) is 0 Å². The zero-order valence-electron chi connectivity index (χ0n) is 12.6. The molecule has 0 bridgehead atoms. The van der Waals surface area contributed by atoms with E-state index in [1.54, 1.807) is 11.0 Å². The summed E-state index contributed by atoms with van der Waals surface area (Å²) in [7, 11) is 0. The first-order chi connectivity index (χ1) is 11.3. The molecule has 0 radical (unpaired) electrons. The van der Waals surface area contributed by atoms with Crippen LogP contribution in [0.5, 0.6) is 0 Å². The third-order valence-corrected chi connectivity index (χ3v) is 4.21. The van der Waals surface area contributed by atoms with Gasteiger partial charge in [0, 0.05) is 0 Å². The van der Waals surface area contributed by atoms with E-state index in [0.29, 0.717) is 17.8 Å². The largest absolute Gasteiger partial charge is 0.343 e. The molecule has 1 atom stereocenters. The molecule has 7 nitrogen and oxygen atoms in total. The van der Waals surface area contributed by atoms with E-state index in [0.717, 1.165) is 22.8 Å². The number of aromatic nitrogens is 5. The van der Waals surface area contributed by atoms with Crippen LogP contribution in [0.15, 0.2) is 43.0 Å². The number of aryl methyl sites for hydroxylation is 1. The Kier molecular flexibility index (Phi) is 4.72. The summed E-state index contributed by atoms with van der Waals surface area (Å²) in [6.45, 7) is 2.46. The van der Waals surface area contributed by atoms with Gasteiger partial charge in [-0.25, -0.2) is 4.98 Å². The molecule has 1 unspecified atom stereocenters. The topological polar surface area (TPSA) is 85.6 Å². The van der Waals surface area contributed by atoms with Crippen LogP contribution in [0.3, 0.4) is 0 Å². The maximum Gasteiger partial charge on any atom is 0.265 e. The van der Waals surface area contributed by atoms with Crippen molar-refractivity contribution in [3.63, 3.8) is 0 Å². The van der Waals surface area contributed by atoms with Crippen LogP contribution < -0.4 is 5.32 Å². The second-order valence-corrected chi connectivity index (χ2v) is 5.71. The molecule has 1 N–H and O–H groups in total. The lowest BCUT2D eigenvalue weighted by atomic mass is 10.1. The third kappa shape index (κ3) is 3.59. The molecule has 1 amide bonds. The van der Waals surface area contributed by atoms with Crippen LogP contribution in [0.25, 0.3) is 0 Å². The van der Waals surface area contributed by atoms with Crippen molar-refractivity contribution in [2.45, 2.75) is 25.9 Å². The fourth-order valence-electron chi connectivity index (χ4n) is 2.27. The Balaban J connectivity index is 1.82. The number of carbonyl (C=O) groups excluding carboxylic acids is 1. The van der Waals surface area contributed by atoms with Crippen molar-refractivity contribution >= 4 is 17.4 Å². The van der Waals surface area contributed by atoms with Crippen LogP contribution in [-0.4, -0.2) is 30.3 Å². The van der Waals surface area contributed by atoms with Gasteiger partial charge in [-0.15, -0.1) is 5.10 Å². The zero-order chi connectivity index (χ0) is 16.1. The van der Waals surface area contributed by atoms with Crippen LogP contribution in [0, 0.1) is 0 Å². The normalized spacial score (nSPS) is 12.0. The number of benzene rings is 1. The first kappa shape index (κ1) is 15.3. The highest BCUT2D eigenvalue weighted by atomic mass is 32.1. The minimum Gasteiger partial charge on any atom is -0.343 e. The van der Waals surface area contributed by atoms with Crippen molar-refractivity contribution in [3.8, 4) is 0 Å². The summed E-state index contributed by atoms with van der Waals surface area (Å²) in [5.74, 6) is -0.161. The van der Waals surface area contributed by atoms with Gasteiger partial charge >= 0.3 is 0 Å². The molecule has 8 heteroatoms.